The number of hydrogen-bond acceptors (Lipinski definition) is 3. The van der Waals surface area contributed by atoms with Crippen LogP contribution in [0.2, 0.25) is 0 Å². The number of nitrogens with one attached hydrogen (secondary N) is 1. The molecule has 1 aromatic carbocycles. The molecule has 2 atom stereocenters. The Bertz CT molecular complexity index is 511. The predicted octanol–water partition coefficient (Wildman–Crippen LogP) is 2.45. The zero-order chi connectivity index (χ0) is 14.1. The lowest BCUT2D eigenvalue weighted by Gasteiger charge is -2.28. The zero-order valence-corrected chi connectivity index (χ0v) is 11.9. The zero-order valence-electron chi connectivity index (χ0n) is 11.9. The number of carbonyl (C=O) groups excluding carboxylic acids is 1. The highest BCUT2D eigenvalue weighted by atomic mass is 16.5. The lowest BCUT2D eigenvalue weighted by molar-refractivity contribution is -0.123. The molecule has 2 aliphatic rings. The minimum Gasteiger partial charge on any atom is -0.493 e. The van der Waals surface area contributed by atoms with Crippen molar-refractivity contribution >= 4 is 5.91 Å². The fourth-order valence-electron chi connectivity index (χ4n) is 2.66. The first kappa shape index (κ1) is 13.4. The molecule has 108 valence electrons. The summed E-state index contributed by atoms with van der Waals surface area (Å²) < 4.78 is 5.69. The first-order valence-electron chi connectivity index (χ1n) is 7.51. The topological polar surface area (TPSA) is 64.3 Å². The van der Waals surface area contributed by atoms with E-state index in [1.54, 1.807) is 0 Å². The SMILES string of the molecule is CCC(N)c1ccc2c(c1)C(NC(=O)C1CC1)CCO2. The van der Waals surface area contributed by atoms with Crippen molar-refractivity contribution in [3.63, 3.8) is 0 Å². The molecule has 1 amide bonds. The molecule has 0 spiro atoms. The van der Waals surface area contributed by atoms with Crippen molar-refractivity contribution in [1.29, 1.82) is 0 Å². The number of amides is 1. The van der Waals surface area contributed by atoms with Gasteiger partial charge in [0.2, 0.25) is 5.91 Å². The third kappa shape index (κ3) is 2.66. The minimum absolute atomic E-state index is 0.0435. The maximum atomic E-state index is 12.0. The molecule has 0 aromatic heterocycles. The molecule has 4 heteroatoms. The highest BCUT2D eigenvalue weighted by Crippen LogP contribution is 2.36. The molecule has 1 fully saturated rings. The second kappa shape index (κ2) is 5.44. The first-order valence-corrected chi connectivity index (χ1v) is 7.51. The van der Waals surface area contributed by atoms with Crippen LogP contribution in [-0.4, -0.2) is 12.5 Å². The van der Waals surface area contributed by atoms with Gasteiger partial charge in [0.05, 0.1) is 12.6 Å². The van der Waals surface area contributed by atoms with Gasteiger partial charge in [-0.2, -0.15) is 0 Å². The minimum atomic E-state index is 0.0435. The average Bonchev–Trinajstić information content (AvgIpc) is 3.31. The summed E-state index contributed by atoms with van der Waals surface area (Å²) in [7, 11) is 0. The Morgan fingerprint density at radius 2 is 2.25 bits per heavy atom. The van der Waals surface area contributed by atoms with Gasteiger partial charge in [-0.25, -0.2) is 0 Å². The van der Waals surface area contributed by atoms with Gasteiger partial charge in [0.15, 0.2) is 0 Å². The number of benzene rings is 1. The molecule has 2 unspecified atom stereocenters. The van der Waals surface area contributed by atoms with Crippen molar-refractivity contribution in [1.82, 2.24) is 5.32 Å². The average molecular weight is 274 g/mol. The molecule has 1 aliphatic heterocycles. The summed E-state index contributed by atoms with van der Waals surface area (Å²) in [5, 5.41) is 3.16. The van der Waals surface area contributed by atoms with E-state index < -0.39 is 0 Å². The predicted molar refractivity (Wildman–Crippen MR) is 77.4 cm³/mol. The molecular formula is C16H22N2O2. The summed E-state index contributed by atoms with van der Waals surface area (Å²) in [6.45, 7) is 2.73. The van der Waals surface area contributed by atoms with Crippen molar-refractivity contribution in [2.24, 2.45) is 11.7 Å². The quantitative estimate of drug-likeness (QED) is 0.886. The molecule has 0 bridgehead atoms. The molecular weight excluding hydrogens is 252 g/mol. The number of fused-ring (bicyclic) bond motifs is 1. The van der Waals surface area contributed by atoms with Crippen molar-refractivity contribution < 1.29 is 9.53 Å². The summed E-state index contributed by atoms with van der Waals surface area (Å²) in [4.78, 5) is 12.0. The Morgan fingerprint density at radius 1 is 1.45 bits per heavy atom. The maximum Gasteiger partial charge on any atom is 0.223 e. The van der Waals surface area contributed by atoms with Gasteiger partial charge in [0, 0.05) is 23.9 Å². The summed E-state index contributed by atoms with van der Waals surface area (Å²) >= 11 is 0. The van der Waals surface area contributed by atoms with Crippen LogP contribution in [0, 0.1) is 5.92 Å². The van der Waals surface area contributed by atoms with Gasteiger partial charge in [-0.1, -0.05) is 13.0 Å². The molecule has 1 aromatic rings. The molecule has 4 nitrogen and oxygen atoms in total. The van der Waals surface area contributed by atoms with Gasteiger partial charge in [0.1, 0.15) is 5.75 Å². The monoisotopic (exact) mass is 274 g/mol. The molecule has 3 N–H and O–H groups in total. The van der Waals surface area contributed by atoms with Crippen molar-refractivity contribution in [3.05, 3.63) is 29.3 Å². The van der Waals surface area contributed by atoms with E-state index in [-0.39, 0.29) is 23.9 Å². The van der Waals surface area contributed by atoms with E-state index in [1.165, 1.54) is 0 Å². The van der Waals surface area contributed by atoms with Crippen LogP contribution in [-0.2, 0) is 4.79 Å². The van der Waals surface area contributed by atoms with E-state index in [0.717, 1.165) is 42.6 Å². The van der Waals surface area contributed by atoms with Gasteiger partial charge in [-0.05, 0) is 37.0 Å². The Morgan fingerprint density at radius 3 is 2.95 bits per heavy atom. The second-order valence-corrected chi connectivity index (χ2v) is 5.78. The van der Waals surface area contributed by atoms with E-state index in [2.05, 4.69) is 18.3 Å². The van der Waals surface area contributed by atoms with Gasteiger partial charge in [-0.3, -0.25) is 4.79 Å². The van der Waals surface area contributed by atoms with Crippen LogP contribution >= 0.6 is 0 Å². The number of nitrogens with two attached hydrogens (primary N) is 1. The Kier molecular flexibility index (Phi) is 3.66. The second-order valence-electron chi connectivity index (χ2n) is 5.78. The van der Waals surface area contributed by atoms with Crippen molar-refractivity contribution in [2.45, 2.75) is 44.7 Å². The highest BCUT2D eigenvalue weighted by Gasteiger charge is 2.32. The summed E-state index contributed by atoms with van der Waals surface area (Å²) in [5.41, 5.74) is 8.29. The third-order valence-electron chi connectivity index (χ3n) is 4.21. The van der Waals surface area contributed by atoms with Crippen LogP contribution in [0.15, 0.2) is 18.2 Å². The van der Waals surface area contributed by atoms with E-state index in [4.69, 9.17) is 10.5 Å². The van der Waals surface area contributed by atoms with Gasteiger partial charge in [0.25, 0.3) is 0 Å². The number of carbonyl (C=O) groups is 1. The van der Waals surface area contributed by atoms with Crippen molar-refractivity contribution in [3.8, 4) is 5.75 Å². The number of rotatable bonds is 4. The summed E-state index contributed by atoms with van der Waals surface area (Å²) in [6, 6.07) is 6.21. The van der Waals surface area contributed by atoms with Crippen LogP contribution in [0.4, 0.5) is 0 Å². The fraction of sp³-hybridized carbons (Fsp3) is 0.562. The standard InChI is InChI=1S/C16H22N2O2/c1-2-13(17)11-5-6-15-12(9-11)14(7-8-20-15)18-16(19)10-3-4-10/h5-6,9-10,13-14H,2-4,7-8,17H2,1H3,(H,18,19). The van der Waals surface area contributed by atoms with E-state index in [0.29, 0.717) is 6.61 Å². The van der Waals surface area contributed by atoms with Gasteiger partial charge in [-0.15, -0.1) is 0 Å². The lowest BCUT2D eigenvalue weighted by Crippen LogP contribution is -2.33. The smallest absolute Gasteiger partial charge is 0.223 e. The Hall–Kier alpha value is -1.55. The largest absolute Gasteiger partial charge is 0.493 e. The summed E-state index contributed by atoms with van der Waals surface area (Å²) in [5.74, 6) is 1.31. The highest BCUT2D eigenvalue weighted by molar-refractivity contribution is 5.81. The van der Waals surface area contributed by atoms with Crippen LogP contribution < -0.4 is 15.8 Å². The lowest BCUT2D eigenvalue weighted by atomic mass is 9.95. The molecule has 3 rings (SSSR count). The summed E-state index contributed by atoms with van der Waals surface area (Å²) in [6.07, 6.45) is 3.79. The van der Waals surface area contributed by atoms with Crippen LogP contribution in [0.5, 0.6) is 5.75 Å². The molecule has 20 heavy (non-hydrogen) atoms. The number of hydrogen-bond donors (Lipinski definition) is 2. The molecule has 1 saturated carbocycles. The molecule has 0 saturated heterocycles. The van der Waals surface area contributed by atoms with Crippen LogP contribution in [0.1, 0.15) is 55.8 Å². The fourth-order valence-corrected chi connectivity index (χ4v) is 2.66. The Labute approximate surface area is 119 Å². The number of ether oxygens (including phenoxy) is 1. The first-order chi connectivity index (χ1) is 9.69. The Balaban J connectivity index is 1.83. The van der Waals surface area contributed by atoms with Crippen molar-refractivity contribution in [2.75, 3.05) is 6.61 Å². The molecule has 0 radical (unpaired) electrons. The van der Waals surface area contributed by atoms with Crippen LogP contribution in [0.3, 0.4) is 0 Å². The van der Waals surface area contributed by atoms with Gasteiger partial charge < -0.3 is 15.8 Å². The molecule has 1 aliphatic carbocycles. The third-order valence-corrected chi connectivity index (χ3v) is 4.21. The molecule has 1 heterocycles. The maximum absolute atomic E-state index is 12.0. The van der Waals surface area contributed by atoms with E-state index in [9.17, 15) is 4.79 Å². The normalized spacial score (nSPS) is 22.6. The van der Waals surface area contributed by atoms with E-state index in [1.807, 2.05) is 12.1 Å². The van der Waals surface area contributed by atoms with E-state index >= 15 is 0 Å². The van der Waals surface area contributed by atoms with Gasteiger partial charge >= 0.3 is 0 Å². The van der Waals surface area contributed by atoms with Crippen LogP contribution in [0.25, 0.3) is 0 Å².